The molecule has 9 heteroatoms. The molecule has 0 bridgehead atoms. The maximum Gasteiger partial charge on any atom is 0.268 e. The van der Waals surface area contributed by atoms with Crippen LogP contribution in [0, 0.1) is 11.3 Å². The number of nitriles is 1. The number of phenols is 2. The Morgan fingerprint density at radius 1 is 1.28 bits per heavy atom. The molecule has 0 unspecified atom stereocenters. The van der Waals surface area contributed by atoms with E-state index in [2.05, 4.69) is 20.4 Å². The average Bonchev–Trinajstić information content (AvgIpc) is 3.27. The molecule has 0 spiro atoms. The van der Waals surface area contributed by atoms with Crippen LogP contribution >= 0.6 is 11.3 Å². The highest BCUT2D eigenvalue weighted by Gasteiger charge is 2.18. The fraction of sp³-hybridized carbons (Fsp3) is 0.250. The predicted molar refractivity (Wildman–Crippen MR) is 93.3 cm³/mol. The van der Waals surface area contributed by atoms with Gasteiger partial charge in [-0.1, -0.05) is 17.4 Å². The zero-order chi connectivity index (χ0) is 17.8. The van der Waals surface area contributed by atoms with E-state index in [1.165, 1.54) is 35.6 Å². The van der Waals surface area contributed by atoms with Crippen molar-refractivity contribution in [2.24, 2.45) is 0 Å². The fourth-order valence-electron chi connectivity index (χ4n) is 2.41. The molecule has 1 aromatic carbocycles. The van der Waals surface area contributed by atoms with Crippen molar-refractivity contribution in [2.75, 3.05) is 23.3 Å². The second-order valence-corrected chi connectivity index (χ2v) is 6.41. The molecule has 0 aliphatic carbocycles. The monoisotopic (exact) mass is 357 g/mol. The van der Waals surface area contributed by atoms with Crippen molar-refractivity contribution in [1.82, 2.24) is 10.2 Å². The van der Waals surface area contributed by atoms with Gasteiger partial charge < -0.3 is 15.1 Å². The summed E-state index contributed by atoms with van der Waals surface area (Å²) in [4.78, 5) is 14.3. The summed E-state index contributed by atoms with van der Waals surface area (Å²) in [5.41, 5.74) is 0.264. The zero-order valence-electron chi connectivity index (χ0n) is 13.1. The zero-order valence-corrected chi connectivity index (χ0v) is 14.0. The van der Waals surface area contributed by atoms with Gasteiger partial charge in [-0.2, -0.15) is 5.26 Å². The molecule has 0 atom stereocenters. The average molecular weight is 357 g/mol. The van der Waals surface area contributed by atoms with E-state index in [4.69, 9.17) is 0 Å². The number of nitrogens with zero attached hydrogens (tertiary/aromatic N) is 4. The Morgan fingerprint density at radius 2 is 2.04 bits per heavy atom. The first-order valence-corrected chi connectivity index (χ1v) is 8.42. The largest absolute Gasteiger partial charge is 0.504 e. The van der Waals surface area contributed by atoms with Gasteiger partial charge in [-0.05, 0) is 36.6 Å². The summed E-state index contributed by atoms with van der Waals surface area (Å²) in [5, 5.41) is 39.6. The van der Waals surface area contributed by atoms with Crippen LogP contribution in [-0.2, 0) is 4.79 Å². The van der Waals surface area contributed by atoms with Crippen LogP contribution in [0.5, 0.6) is 11.5 Å². The molecule has 1 amide bonds. The summed E-state index contributed by atoms with van der Waals surface area (Å²) in [6.45, 7) is 1.85. The molecule has 2 heterocycles. The highest BCUT2D eigenvalue weighted by atomic mass is 32.1. The molecule has 1 fully saturated rings. The van der Waals surface area contributed by atoms with Gasteiger partial charge >= 0.3 is 0 Å². The second kappa shape index (κ2) is 7.19. The van der Waals surface area contributed by atoms with E-state index in [0.29, 0.717) is 10.7 Å². The quantitative estimate of drug-likeness (QED) is 0.435. The van der Waals surface area contributed by atoms with Crippen LogP contribution in [0.4, 0.5) is 10.3 Å². The predicted octanol–water partition coefficient (Wildman–Crippen LogP) is 2.10. The lowest BCUT2D eigenvalue weighted by Crippen LogP contribution is -2.17. The van der Waals surface area contributed by atoms with E-state index in [1.807, 2.05) is 6.07 Å². The van der Waals surface area contributed by atoms with E-state index >= 15 is 0 Å². The van der Waals surface area contributed by atoms with E-state index in [0.717, 1.165) is 31.1 Å². The maximum absolute atomic E-state index is 12.2. The van der Waals surface area contributed by atoms with E-state index in [1.54, 1.807) is 0 Å². The number of rotatable bonds is 4. The van der Waals surface area contributed by atoms with Crippen LogP contribution in [-0.4, -0.2) is 39.4 Å². The van der Waals surface area contributed by atoms with Crippen LogP contribution in [0.1, 0.15) is 18.4 Å². The number of hydrogen-bond donors (Lipinski definition) is 3. The van der Waals surface area contributed by atoms with Crippen LogP contribution in [0.25, 0.3) is 6.08 Å². The Kier molecular flexibility index (Phi) is 4.81. The number of carbonyl (C=O) groups excluding carboxylic acids is 1. The third-order valence-corrected chi connectivity index (χ3v) is 4.59. The minimum Gasteiger partial charge on any atom is -0.504 e. The van der Waals surface area contributed by atoms with Crippen LogP contribution < -0.4 is 10.2 Å². The van der Waals surface area contributed by atoms with Crippen LogP contribution in [0.2, 0.25) is 0 Å². The molecule has 2 aromatic rings. The van der Waals surface area contributed by atoms with Gasteiger partial charge in [-0.25, -0.2) is 0 Å². The highest BCUT2D eigenvalue weighted by Crippen LogP contribution is 2.28. The van der Waals surface area contributed by atoms with E-state index in [-0.39, 0.29) is 17.1 Å². The number of nitrogens with one attached hydrogen (secondary N) is 1. The number of hydrogen-bond acceptors (Lipinski definition) is 8. The standard InChI is InChI=1S/C16H15N5O3S/c17-9-11(7-10-3-4-12(22)13(23)8-10)14(24)18-15-19-20-16(25-15)21-5-1-2-6-21/h3-4,7-8,22-23H,1-2,5-6H2,(H,18,19,24)/b11-7-. The van der Waals surface area contributed by atoms with E-state index < -0.39 is 5.91 Å². The van der Waals surface area contributed by atoms with Gasteiger partial charge in [0.05, 0.1) is 0 Å². The van der Waals surface area contributed by atoms with Crippen molar-refractivity contribution in [3.8, 4) is 17.6 Å². The number of aromatic nitrogens is 2. The molecular weight excluding hydrogens is 342 g/mol. The topological polar surface area (TPSA) is 122 Å². The summed E-state index contributed by atoms with van der Waals surface area (Å²) >= 11 is 1.26. The van der Waals surface area contributed by atoms with Gasteiger partial charge in [-0.15, -0.1) is 10.2 Å². The Hall–Kier alpha value is -3.12. The molecule has 1 saturated heterocycles. The molecular formula is C16H15N5O3S. The Morgan fingerprint density at radius 3 is 2.72 bits per heavy atom. The smallest absolute Gasteiger partial charge is 0.268 e. The minimum absolute atomic E-state index is 0.150. The second-order valence-electron chi connectivity index (χ2n) is 5.46. The van der Waals surface area contributed by atoms with Crippen molar-refractivity contribution in [2.45, 2.75) is 12.8 Å². The van der Waals surface area contributed by atoms with Gasteiger partial charge in [-0.3, -0.25) is 10.1 Å². The van der Waals surface area contributed by atoms with Crippen LogP contribution in [0.15, 0.2) is 23.8 Å². The molecule has 3 rings (SSSR count). The number of anilines is 2. The molecule has 1 aliphatic heterocycles. The first kappa shape index (κ1) is 16.7. The Bertz CT molecular complexity index is 865. The van der Waals surface area contributed by atoms with Gasteiger partial charge in [0.15, 0.2) is 11.5 Å². The fourth-order valence-corrected chi connectivity index (χ4v) is 3.20. The summed E-state index contributed by atoms with van der Waals surface area (Å²) in [7, 11) is 0. The lowest BCUT2D eigenvalue weighted by molar-refractivity contribution is -0.112. The molecule has 0 radical (unpaired) electrons. The van der Waals surface area contributed by atoms with Crippen molar-refractivity contribution in [1.29, 1.82) is 5.26 Å². The third kappa shape index (κ3) is 3.87. The Balaban J connectivity index is 1.73. The van der Waals surface area contributed by atoms with Crippen molar-refractivity contribution in [3.05, 3.63) is 29.3 Å². The molecule has 25 heavy (non-hydrogen) atoms. The molecule has 8 nitrogen and oxygen atoms in total. The van der Waals surface area contributed by atoms with Crippen LogP contribution in [0.3, 0.4) is 0 Å². The minimum atomic E-state index is -0.612. The Labute approximate surface area is 147 Å². The third-order valence-electron chi connectivity index (χ3n) is 3.69. The van der Waals surface area contributed by atoms with Gasteiger partial charge in [0.2, 0.25) is 10.3 Å². The summed E-state index contributed by atoms with van der Waals surface area (Å²) in [6.07, 6.45) is 3.54. The molecule has 0 saturated carbocycles. The van der Waals surface area contributed by atoms with Gasteiger partial charge in [0.25, 0.3) is 5.91 Å². The number of amides is 1. The number of phenolic OH excluding ortho intramolecular Hbond substituents is 2. The van der Waals surface area contributed by atoms with Crippen molar-refractivity contribution in [3.63, 3.8) is 0 Å². The summed E-state index contributed by atoms with van der Waals surface area (Å²) in [5.74, 6) is -1.21. The van der Waals surface area contributed by atoms with Gasteiger partial charge in [0.1, 0.15) is 11.6 Å². The lowest BCUT2D eigenvalue weighted by atomic mass is 10.1. The lowest BCUT2D eigenvalue weighted by Gasteiger charge is -2.10. The first-order chi connectivity index (χ1) is 12.1. The molecule has 1 aromatic heterocycles. The SMILES string of the molecule is N#C/C(=C/c1ccc(O)c(O)c1)C(=O)Nc1nnc(N2CCCC2)s1. The first-order valence-electron chi connectivity index (χ1n) is 7.60. The molecule has 1 aliphatic rings. The highest BCUT2D eigenvalue weighted by molar-refractivity contribution is 7.19. The van der Waals surface area contributed by atoms with Gasteiger partial charge in [0, 0.05) is 13.1 Å². The molecule has 128 valence electrons. The van der Waals surface area contributed by atoms with Crippen molar-refractivity contribution < 1.29 is 15.0 Å². The number of benzene rings is 1. The summed E-state index contributed by atoms with van der Waals surface area (Å²) < 4.78 is 0. The van der Waals surface area contributed by atoms with Crippen molar-refractivity contribution >= 4 is 33.6 Å². The molecule has 3 N–H and O–H groups in total. The van der Waals surface area contributed by atoms with E-state index in [9.17, 15) is 20.3 Å². The maximum atomic E-state index is 12.2. The summed E-state index contributed by atoms with van der Waals surface area (Å²) in [6, 6.07) is 5.84. The number of carbonyl (C=O) groups is 1. The number of aromatic hydroxyl groups is 2. The normalized spacial score (nSPS) is 14.4.